The van der Waals surface area contributed by atoms with Crippen molar-refractivity contribution in [2.45, 2.75) is 161 Å². The van der Waals surface area contributed by atoms with Gasteiger partial charge in [0.15, 0.2) is 0 Å². The first kappa shape index (κ1) is 53.4. The van der Waals surface area contributed by atoms with Crippen LogP contribution in [0.15, 0.2) is 97.2 Å². The summed E-state index contributed by atoms with van der Waals surface area (Å²) >= 11 is 0. The Morgan fingerprint density at radius 3 is 1.41 bits per heavy atom. The number of hydrogen-bond acceptors (Lipinski definition) is 7. The second-order valence-electron chi connectivity index (χ2n) is 13.8. The van der Waals surface area contributed by atoms with Gasteiger partial charge in [-0.1, -0.05) is 156 Å². The molecule has 0 aliphatic rings. The van der Waals surface area contributed by atoms with Gasteiger partial charge >= 0.3 is 13.8 Å². The summed E-state index contributed by atoms with van der Waals surface area (Å²) in [6.45, 7) is 4.60. The van der Waals surface area contributed by atoms with Crippen molar-refractivity contribution in [1.82, 2.24) is 0 Å². The summed E-state index contributed by atoms with van der Waals surface area (Å²) < 4.78 is 33.4. The lowest BCUT2D eigenvalue weighted by Crippen LogP contribution is -2.28. The van der Waals surface area contributed by atoms with Crippen LogP contribution in [-0.4, -0.2) is 49.9 Å². The average Bonchev–Trinajstić information content (AvgIpc) is 3.19. The summed E-state index contributed by atoms with van der Waals surface area (Å²) in [6, 6.07) is 0. The van der Waals surface area contributed by atoms with Gasteiger partial charge in [-0.05, 0) is 89.9 Å². The third-order valence-electron chi connectivity index (χ3n) is 8.50. The number of esters is 1. The molecule has 0 bridgehead atoms. The number of rotatable bonds is 40. The lowest BCUT2D eigenvalue weighted by atomic mass is 10.1. The van der Waals surface area contributed by atoms with Crippen molar-refractivity contribution in [2.24, 2.45) is 5.73 Å². The maximum absolute atomic E-state index is 12.6. The normalized spacial score (nSPS) is 14.4. The fourth-order valence-corrected chi connectivity index (χ4v) is 6.15. The SMILES string of the molecule is CC/C=C\C/C=C\C/C=C\C/C=C\CCCCCCCCC(=O)OC(COCCCCCCC/C=C\C/C=C\C/C=C\C/C=C\CC)COP(=O)(O)OCCN. The predicted octanol–water partition coefficient (Wildman–Crippen LogP) is 13.1. The maximum atomic E-state index is 12.6. The van der Waals surface area contributed by atoms with E-state index in [-0.39, 0.29) is 32.3 Å². The molecule has 0 rings (SSSR count). The largest absolute Gasteiger partial charge is 0.472 e. The summed E-state index contributed by atoms with van der Waals surface area (Å²) in [5.74, 6) is -0.356. The Morgan fingerprint density at radius 2 is 0.946 bits per heavy atom. The molecule has 0 saturated heterocycles. The fourth-order valence-electron chi connectivity index (χ4n) is 5.39. The second-order valence-corrected chi connectivity index (χ2v) is 15.2. The van der Waals surface area contributed by atoms with Gasteiger partial charge in [-0.3, -0.25) is 13.8 Å². The maximum Gasteiger partial charge on any atom is 0.472 e. The molecule has 0 spiro atoms. The lowest BCUT2D eigenvalue weighted by Gasteiger charge is -2.20. The van der Waals surface area contributed by atoms with E-state index in [9.17, 15) is 14.3 Å². The number of phosphoric ester groups is 1. The number of carbonyl (C=O) groups is 1. The van der Waals surface area contributed by atoms with Crippen LogP contribution in [0.4, 0.5) is 0 Å². The number of nitrogens with two attached hydrogens (primary N) is 1. The van der Waals surface area contributed by atoms with Gasteiger partial charge in [0.05, 0.1) is 19.8 Å². The van der Waals surface area contributed by atoms with Crippen molar-refractivity contribution in [3.8, 4) is 0 Å². The number of phosphoric acid groups is 1. The number of carbonyl (C=O) groups excluding carboxylic acids is 1. The van der Waals surface area contributed by atoms with E-state index in [0.717, 1.165) is 109 Å². The monoisotopic (exact) mass is 802 g/mol. The van der Waals surface area contributed by atoms with Gasteiger partial charge in [0.2, 0.25) is 0 Å². The van der Waals surface area contributed by atoms with Crippen molar-refractivity contribution in [1.29, 1.82) is 0 Å². The molecule has 0 saturated carbocycles. The first-order chi connectivity index (χ1) is 27.4. The second kappa shape index (κ2) is 43.5. The molecule has 3 N–H and O–H groups in total. The summed E-state index contributed by atoms with van der Waals surface area (Å²) in [4.78, 5) is 22.5. The molecule has 0 fully saturated rings. The fraction of sp³-hybridized carbons (Fsp3) is 0.638. The van der Waals surface area contributed by atoms with Crippen molar-refractivity contribution >= 4 is 13.8 Å². The van der Waals surface area contributed by atoms with Crippen LogP contribution < -0.4 is 5.73 Å². The summed E-state index contributed by atoms with van der Waals surface area (Å²) in [7, 11) is -4.29. The molecular weight excluding hydrogens is 721 g/mol. The van der Waals surface area contributed by atoms with E-state index in [0.29, 0.717) is 13.0 Å². The van der Waals surface area contributed by atoms with Crippen LogP contribution in [0.3, 0.4) is 0 Å². The molecule has 0 radical (unpaired) electrons. The zero-order valence-corrected chi connectivity index (χ0v) is 36.2. The standard InChI is InChI=1S/C47H80NO7P/c1-3-5-7-9-11-13-15-17-19-21-23-24-26-28-30-32-34-36-38-40-47(49)55-46(45-54-56(50,51)53-43-41-48)44-52-42-39-37-35-33-31-29-27-25-22-20-18-16-14-12-10-8-6-4-2/h5-8,11-14,17-20,23-25,27,46H,3-4,9-10,15-16,21-22,26,28-45,48H2,1-2H3,(H,50,51)/b7-5-,8-6-,13-11-,14-12-,19-17-,20-18-,24-23-,27-25-. The molecule has 0 aromatic rings. The van der Waals surface area contributed by atoms with Gasteiger partial charge in [0, 0.05) is 19.6 Å². The summed E-state index contributed by atoms with van der Waals surface area (Å²) in [5, 5.41) is 0. The van der Waals surface area contributed by atoms with Crippen LogP contribution in [0.2, 0.25) is 0 Å². The lowest BCUT2D eigenvalue weighted by molar-refractivity contribution is -0.154. The van der Waals surface area contributed by atoms with Gasteiger partial charge in [0.25, 0.3) is 0 Å². The van der Waals surface area contributed by atoms with Gasteiger partial charge in [-0.2, -0.15) is 0 Å². The summed E-state index contributed by atoms with van der Waals surface area (Å²) in [6.07, 6.45) is 57.1. The molecule has 56 heavy (non-hydrogen) atoms. The first-order valence-electron chi connectivity index (χ1n) is 21.7. The van der Waals surface area contributed by atoms with Crippen LogP contribution >= 0.6 is 7.82 Å². The molecule has 320 valence electrons. The van der Waals surface area contributed by atoms with Crippen molar-refractivity contribution in [3.05, 3.63) is 97.2 Å². The average molecular weight is 802 g/mol. The predicted molar refractivity (Wildman–Crippen MR) is 238 cm³/mol. The molecule has 2 unspecified atom stereocenters. The van der Waals surface area contributed by atoms with E-state index in [2.05, 4.69) is 111 Å². The first-order valence-corrected chi connectivity index (χ1v) is 23.2. The molecule has 0 aromatic heterocycles. The van der Waals surface area contributed by atoms with Crippen LogP contribution in [0.5, 0.6) is 0 Å². The Hall–Kier alpha value is -2.58. The topological polar surface area (TPSA) is 117 Å². The van der Waals surface area contributed by atoms with E-state index in [1.54, 1.807) is 0 Å². The van der Waals surface area contributed by atoms with E-state index in [1.807, 2.05) is 0 Å². The highest BCUT2D eigenvalue weighted by molar-refractivity contribution is 7.47. The number of ether oxygens (including phenoxy) is 2. The highest BCUT2D eigenvalue weighted by atomic mass is 31.2. The van der Waals surface area contributed by atoms with Gasteiger partial charge in [0.1, 0.15) is 6.10 Å². The minimum absolute atomic E-state index is 0.0885. The number of unbranched alkanes of at least 4 members (excludes halogenated alkanes) is 11. The molecule has 0 aliphatic carbocycles. The Balaban J connectivity index is 4.13. The van der Waals surface area contributed by atoms with Gasteiger partial charge in [-0.15, -0.1) is 0 Å². The third kappa shape index (κ3) is 42.6. The molecule has 0 heterocycles. The van der Waals surface area contributed by atoms with E-state index >= 15 is 0 Å². The molecule has 2 atom stereocenters. The van der Waals surface area contributed by atoms with E-state index in [4.69, 9.17) is 24.3 Å². The highest BCUT2D eigenvalue weighted by Gasteiger charge is 2.25. The Morgan fingerprint density at radius 1 is 0.536 bits per heavy atom. The molecule has 8 nitrogen and oxygen atoms in total. The Labute approximate surface area is 342 Å². The number of allylic oxidation sites excluding steroid dienone is 16. The summed E-state index contributed by atoms with van der Waals surface area (Å²) in [5.41, 5.74) is 5.37. The third-order valence-corrected chi connectivity index (χ3v) is 9.48. The highest BCUT2D eigenvalue weighted by Crippen LogP contribution is 2.43. The molecule has 9 heteroatoms. The zero-order valence-electron chi connectivity index (χ0n) is 35.3. The molecule has 0 aliphatic heterocycles. The van der Waals surface area contributed by atoms with E-state index < -0.39 is 13.9 Å². The van der Waals surface area contributed by atoms with Crippen molar-refractivity contribution in [3.63, 3.8) is 0 Å². The van der Waals surface area contributed by atoms with Crippen molar-refractivity contribution in [2.75, 3.05) is 33.0 Å². The van der Waals surface area contributed by atoms with Gasteiger partial charge in [-0.25, -0.2) is 4.57 Å². The van der Waals surface area contributed by atoms with Crippen LogP contribution in [0.1, 0.15) is 155 Å². The molecule has 0 aromatic carbocycles. The number of hydrogen-bond donors (Lipinski definition) is 2. The Bertz CT molecular complexity index is 1170. The van der Waals surface area contributed by atoms with Crippen LogP contribution in [0.25, 0.3) is 0 Å². The Kier molecular flexibility index (Phi) is 41.5. The molecule has 0 amide bonds. The minimum atomic E-state index is -4.29. The zero-order chi connectivity index (χ0) is 40.9. The van der Waals surface area contributed by atoms with Crippen LogP contribution in [-0.2, 0) is 27.9 Å². The molecular formula is C47H80NO7P. The minimum Gasteiger partial charge on any atom is -0.457 e. The van der Waals surface area contributed by atoms with E-state index in [1.165, 1.54) is 25.7 Å². The smallest absolute Gasteiger partial charge is 0.457 e. The van der Waals surface area contributed by atoms with Gasteiger partial charge < -0.3 is 20.1 Å². The quantitative estimate of drug-likeness (QED) is 0.0272. The van der Waals surface area contributed by atoms with Crippen molar-refractivity contribution < 1.29 is 32.8 Å². The van der Waals surface area contributed by atoms with Crippen LogP contribution in [0, 0.1) is 0 Å².